The summed E-state index contributed by atoms with van der Waals surface area (Å²) in [6.07, 6.45) is 9.28. The molecule has 1 atom stereocenters. The van der Waals surface area contributed by atoms with Crippen LogP contribution in [0.3, 0.4) is 0 Å². The predicted molar refractivity (Wildman–Crippen MR) is 71.4 cm³/mol. The van der Waals surface area contributed by atoms with Crippen LogP contribution in [0.1, 0.15) is 51.4 Å². The Kier molecular flexibility index (Phi) is 5.29. The molecule has 2 aliphatic rings. The minimum absolute atomic E-state index is 0.00422. The van der Waals surface area contributed by atoms with E-state index in [1.54, 1.807) is 4.90 Å². The molecule has 1 saturated carbocycles. The Balaban J connectivity index is 1.61. The van der Waals surface area contributed by atoms with Gasteiger partial charge in [0.15, 0.2) is 0 Å². The largest absolute Gasteiger partial charge is 0.391 e. The van der Waals surface area contributed by atoms with Crippen molar-refractivity contribution in [2.75, 3.05) is 19.6 Å². The lowest BCUT2D eigenvalue weighted by Crippen LogP contribution is -2.47. The van der Waals surface area contributed by atoms with Gasteiger partial charge in [-0.3, -0.25) is 0 Å². The molecule has 1 unspecified atom stereocenters. The number of likely N-dealkylation sites (tertiary alicyclic amines) is 1. The molecule has 4 nitrogen and oxygen atoms in total. The lowest BCUT2D eigenvalue weighted by atomic mass is 9.87. The van der Waals surface area contributed by atoms with Crippen molar-refractivity contribution in [3.63, 3.8) is 0 Å². The second-order valence-electron chi connectivity index (χ2n) is 5.77. The summed E-state index contributed by atoms with van der Waals surface area (Å²) in [5.74, 6) is 0.811. The van der Waals surface area contributed by atoms with Gasteiger partial charge in [0.05, 0.1) is 6.10 Å². The molecule has 1 saturated heterocycles. The van der Waals surface area contributed by atoms with E-state index < -0.39 is 0 Å². The Bertz CT molecular complexity index is 265. The number of urea groups is 1. The molecule has 1 aliphatic carbocycles. The third-order valence-electron chi connectivity index (χ3n) is 4.24. The molecule has 2 fully saturated rings. The Morgan fingerprint density at radius 3 is 2.67 bits per heavy atom. The molecular formula is C14H26N2O2. The molecule has 0 radical (unpaired) electrons. The number of β-amino-alcohol motifs (C(OH)–C–C–N with tert-alkyl or cyclic N) is 1. The summed E-state index contributed by atoms with van der Waals surface area (Å²) in [6.45, 7) is 2.07. The van der Waals surface area contributed by atoms with E-state index in [0.29, 0.717) is 6.54 Å². The van der Waals surface area contributed by atoms with Crippen molar-refractivity contribution in [3.8, 4) is 0 Å². The van der Waals surface area contributed by atoms with Crippen LogP contribution in [0.2, 0.25) is 0 Å². The van der Waals surface area contributed by atoms with Gasteiger partial charge in [-0.15, -0.1) is 0 Å². The molecule has 0 aromatic heterocycles. The summed E-state index contributed by atoms with van der Waals surface area (Å²) < 4.78 is 0. The lowest BCUT2D eigenvalue weighted by Gasteiger charge is -2.30. The minimum Gasteiger partial charge on any atom is -0.391 e. The van der Waals surface area contributed by atoms with Crippen LogP contribution in [0, 0.1) is 5.92 Å². The molecule has 1 aliphatic heterocycles. The average molecular weight is 254 g/mol. The van der Waals surface area contributed by atoms with Crippen LogP contribution in [0.15, 0.2) is 0 Å². The third-order valence-corrected chi connectivity index (χ3v) is 4.24. The Labute approximate surface area is 110 Å². The zero-order valence-corrected chi connectivity index (χ0v) is 11.2. The first-order valence-corrected chi connectivity index (χ1v) is 7.46. The molecule has 0 bridgehead atoms. The van der Waals surface area contributed by atoms with Gasteiger partial charge in [0.25, 0.3) is 0 Å². The molecule has 18 heavy (non-hydrogen) atoms. The Morgan fingerprint density at radius 1 is 1.17 bits per heavy atom. The maximum absolute atomic E-state index is 11.9. The number of rotatable bonds is 3. The van der Waals surface area contributed by atoms with Gasteiger partial charge in [-0.2, -0.15) is 0 Å². The van der Waals surface area contributed by atoms with Crippen molar-refractivity contribution in [1.29, 1.82) is 0 Å². The summed E-state index contributed by atoms with van der Waals surface area (Å²) in [5.41, 5.74) is 0. The summed E-state index contributed by atoms with van der Waals surface area (Å²) >= 11 is 0. The van der Waals surface area contributed by atoms with Crippen molar-refractivity contribution in [1.82, 2.24) is 10.2 Å². The van der Waals surface area contributed by atoms with E-state index in [-0.39, 0.29) is 12.1 Å². The first-order chi connectivity index (χ1) is 8.75. The molecule has 2 N–H and O–H groups in total. The fraction of sp³-hybridized carbons (Fsp3) is 0.929. The van der Waals surface area contributed by atoms with Crippen LogP contribution in [0.25, 0.3) is 0 Å². The molecule has 0 aromatic carbocycles. The van der Waals surface area contributed by atoms with Crippen LogP contribution in [-0.4, -0.2) is 41.8 Å². The summed E-state index contributed by atoms with van der Waals surface area (Å²) in [4.78, 5) is 13.6. The van der Waals surface area contributed by atoms with Gasteiger partial charge in [0.1, 0.15) is 0 Å². The zero-order chi connectivity index (χ0) is 12.8. The van der Waals surface area contributed by atoms with E-state index in [1.807, 2.05) is 0 Å². The maximum atomic E-state index is 11.9. The van der Waals surface area contributed by atoms with Crippen LogP contribution in [0.4, 0.5) is 4.79 Å². The highest BCUT2D eigenvalue weighted by Crippen LogP contribution is 2.25. The van der Waals surface area contributed by atoms with Crippen LogP contribution < -0.4 is 5.32 Å². The average Bonchev–Trinajstić information content (AvgIpc) is 2.40. The third kappa shape index (κ3) is 4.16. The zero-order valence-electron chi connectivity index (χ0n) is 11.2. The number of aliphatic hydroxyl groups excluding tert-OH is 1. The van der Waals surface area contributed by atoms with Crippen molar-refractivity contribution in [2.45, 2.75) is 57.5 Å². The normalized spacial score (nSPS) is 26.1. The number of hydrogen-bond acceptors (Lipinski definition) is 2. The fourth-order valence-electron chi connectivity index (χ4n) is 3.11. The van der Waals surface area contributed by atoms with Crippen molar-refractivity contribution < 1.29 is 9.90 Å². The van der Waals surface area contributed by atoms with E-state index in [0.717, 1.165) is 38.3 Å². The molecule has 104 valence electrons. The SMILES string of the molecule is O=C(NCCC1CCCCC1)N1CCCC(O)C1. The number of nitrogens with zero attached hydrogens (tertiary/aromatic N) is 1. The highest BCUT2D eigenvalue weighted by Gasteiger charge is 2.22. The molecular weight excluding hydrogens is 228 g/mol. The number of hydrogen-bond donors (Lipinski definition) is 2. The van der Waals surface area contributed by atoms with E-state index in [2.05, 4.69) is 5.32 Å². The Morgan fingerprint density at radius 2 is 1.94 bits per heavy atom. The van der Waals surface area contributed by atoms with E-state index >= 15 is 0 Å². The molecule has 4 heteroatoms. The van der Waals surface area contributed by atoms with Gasteiger partial charge in [-0.05, 0) is 25.2 Å². The minimum atomic E-state index is -0.331. The van der Waals surface area contributed by atoms with E-state index in [4.69, 9.17) is 0 Å². The first-order valence-electron chi connectivity index (χ1n) is 7.46. The highest BCUT2D eigenvalue weighted by atomic mass is 16.3. The van der Waals surface area contributed by atoms with Gasteiger partial charge in [0.2, 0.25) is 0 Å². The molecule has 1 heterocycles. The monoisotopic (exact) mass is 254 g/mol. The number of carbonyl (C=O) groups is 1. The highest BCUT2D eigenvalue weighted by molar-refractivity contribution is 5.74. The lowest BCUT2D eigenvalue weighted by molar-refractivity contribution is 0.0841. The summed E-state index contributed by atoms with van der Waals surface area (Å²) in [6, 6.07) is 0.00422. The van der Waals surface area contributed by atoms with E-state index in [9.17, 15) is 9.90 Å². The molecule has 2 rings (SSSR count). The van der Waals surface area contributed by atoms with Crippen molar-refractivity contribution in [3.05, 3.63) is 0 Å². The molecule has 2 amide bonds. The number of piperidine rings is 1. The number of nitrogens with one attached hydrogen (secondary N) is 1. The van der Waals surface area contributed by atoms with Crippen LogP contribution >= 0.6 is 0 Å². The molecule has 0 aromatic rings. The summed E-state index contributed by atoms with van der Waals surface area (Å²) in [7, 11) is 0. The second-order valence-corrected chi connectivity index (χ2v) is 5.77. The van der Waals surface area contributed by atoms with Gasteiger partial charge in [-0.25, -0.2) is 4.79 Å². The van der Waals surface area contributed by atoms with Crippen LogP contribution in [-0.2, 0) is 0 Å². The quantitative estimate of drug-likeness (QED) is 0.810. The smallest absolute Gasteiger partial charge is 0.317 e. The van der Waals surface area contributed by atoms with Crippen LogP contribution in [0.5, 0.6) is 0 Å². The standard InChI is InChI=1S/C14H26N2O2/c17-13-7-4-10-16(11-13)14(18)15-9-8-12-5-2-1-3-6-12/h12-13,17H,1-11H2,(H,15,18). The Hall–Kier alpha value is -0.770. The van der Waals surface area contributed by atoms with Gasteiger partial charge in [-0.1, -0.05) is 32.1 Å². The maximum Gasteiger partial charge on any atom is 0.317 e. The van der Waals surface area contributed by atoms with Crippen molar-refractivity contribution in [2.24, 2.45) is 5.92 Å². The van der Waals surface area contributed by atoms with E-state index in [1.165, 1.54) is 32.1 Å². The predicted octanol–water partition coefficient (Wildman–Crippen LogP) is 2.12. The fourth-order valence-corrected chi connectivity index (χ4v) is 3.11. The number of aliphatic hydroxyl groups is 1. The topological polar surface area (TPSA) is 52.6 Å². The van der Waals surface area contributed by atoms with Gasteiger partial charge < -0.3 is 15.3 Å². The first kappa shape index (κ1) is 13.7. The van der Waals surface area contributed by atoms with Crippen molar-refractivity contribution >= 4 is 6.03 Å². The number of carbonyl (C=O) groups excluding carboxylic acids is 1. The second kappa shape index (κ2) is 6.98. The number of amides is 2. The summed E-state index contributed by atoms with van der Waals surface area (Å²) in [5, 5.41) is 12.5. The van der Waals surface area contributed by atoms with Gasteiger partial charge >= 0.3 is 6.03 Å². The molecule has 0 spiro atoms. The van der Waals surface area contributed by atoms with Gasteiger partial charge in [0, 0.05) is 19.6 Å².